The van der Waals surface area contributed by atoms with Crippen LogP contribution in [0.25, 0.3) is 99.1 Å². The lowest BCUT2D eigenvalue weighted by Gasteiger charge is -2.22. The summed E-state index contributed by atoms with van der Waals surface area (Å²) in [4.78, 5) is 2.33. The Morgan fingerprint density at radius 1 is 0.367 bits per heavy atom. The number of hydrogen-bond acceptors (Lipinski definition) is 1. The first-order chi connectivity index (χ1) is 26.0. The van der Waals surface area contributed by atoms with E-state index in [1.165, 1.54) is 10.5 Å². The summed E-state index contributed by atoms with van der Waals surface area (Å²) in [5.41, 5.74) is 11.0. The molecule has 1 aliphatic heterocycles. The molecule has 0 saturated heterocycles. The van der Waals surface area contributed by atoms with E-state index < -0.39 is 0 Å². The van der Waals surface area contributed by atoms with E-state index in [-0.39, 0.29) is 24.2 Å². The highest BCUT2D eigenvalue weighted by Gasteiger charge is 2.30. The van der Waals surface area contributed by atoms with Crippen molar-refractivity contribution in [1.82, 2.24) is 0 Å². The van der Waals surface area contributed by atoms with Crippen LogP contribution in [0.2, 0.25) is 0 Å². The topological polar surface area (TPSA) is 0 Å². The number of fused-ring (bicyclic) bond motifs is 6. The molecule has 9 aromatic carbocycles. The molecule has 0 nitrogen and oxygen atoms in total. The average Bonchev–Trinajstić information content (AvgIpc) is 3.53. The Labute approximate surface area is 294 Å². The zero-order valence-corrected chi connectivity index (χ0v) is 27.1. The zero-order valence-electron chi connectivity index (χ0n) is 30.3. The maximum Gasteiger partial charge on any atom is 0.0636 e. The van der Waals surface area contributed by atoms with Crippen LogP contribution in [0.4, 0.5) is 0 Å². The maximum absolute atomic E-state index is 10.1. The largest absolute Gasteiger partial charge is 0.0888 e. The van der Waals surface area contributed by atoms with Crippen LogP contribution in [-0.4, -0.2) is 0 Å². The highest BCUT2D eigenvalue weighted by Crippen LogP contribution is 2.58. The minimum absolute atomic E-state index is 0.0967. The zero-order chi connectivity index (χ0) is 35.5. The molecule has 0 radical (unpaired) electrons. The average molecular weight is 641 g/mol. The van der Waals surface area contributed by atoms with Gasteiger partial charge in [0.25, 0.3) is 0 Å². The summed E-state index contributed by atoms with van der Waals surface area (Å²) in [5.74, 6) is 0. The van der Waals surface area contributed by atoms with E-state index in [0.29, 0.717) is 11.1 Å². The van der Waals surface area contributed by atoms with Crippen LogP contribution in [0.1, 0.15) is 5.48 Å². The predicted molar refractivity (Wildman–Crippen MR) is 209 cm³/mol. The molecule has 1 aliphatic carbocycles. The fraction of sp³-hybridized carbons (Fsp3) is 0. The Balaban J connectivity index is 1.29. The second-order valence-corrected chi connectivity index (χ2v) is 13.9. The second kappa shape index (κ2) is 10.3. The molecule has 226 valence electrons. The third-order valence-corrected chi connectivity index (χ3v) is 11.4. The van der Waals surface area contributed by atoms with Crippen LogP contribution in [0, 0.1) is 0 Å². The number of benzene rings is 9. The normalized spacial score (nSPS) is 13.6. The smallest absolute Gasteiger partial charge is 0.0636 e. The Morgan fingerprint density at radius 3 is 1.78 bits per heavy atom. The summed E-state index contributed by atoms with van der Waals surface area (Å²) in [6.45, 7) is 0. The van der Waals surface area contributed by atoms with Crippen molar-refractivity contribution < 1.29 is 5.48 Å². The molecule has 1 heterocycles. The van der Waals surface area contributed by atoms with Crippen molar-refractivity contribution in [1.29, 1.82) is 0 Å². The quantitative estimate of drug-likeness (QED) is 0.185. The van der Waals surface area contributed by atoms with Crippen LogP contribution in [-0.2, 0) is 0 Å². The first-order valence-electron chi connectivity index (χ1n) is 18.6. The van der Waals surface area contributed by atoms with E-state index in [2.05, 4.69) is 121 Å². The van der Waals surface area contributed by atoms with Crippen LogP contribution in [0.15, 0.2) is 180 Å². The Morgan fingerprint density at radius 2 is 0.980 bits per heavy atom. The van der Waals surface area contributed by atoms with Crippen LogP contribution in [0.5, 0.6) is 0 Å². The van der Waals surface area contributed by atoms with Crippen molar-refractivity contribution in [3.8, 4) is 66.8 Å². The molecule has 0 saturated carbocycles. The molecule has 49 heavy (non-hydrogen) atoms. The molecule has 0 fully saturated rings. The van der Waals surface area contributed by atoms with Gasteiger partial charge in [-0.3, -0.25) is 0 Å². The predicted octanol–water partition coefficient (Wildman–Crippen LogP) is 13.9. The highest BCUT2D eigenvalue weighted by atomic mass is 32.2. The van der Waals surface area contributed by atoms with Crippen LogP contribution in [0.3, 0.4) is 0 Å². The van der Waals surface area contributed by atoms with Gasteiger partial charge in [0.15, 0.2) is 0 Å². The van der Waals surface area contributed by atoms with Crippen molar-refractivity contribution in [2.45, 2.75) is 9.79 Å². The minimum Gasteiger partial charge on any atom is -0.0888 e. The highest BCUT2D eigenvalue weighted by molar-refractivity contribution is 7.99. The summed E-state index contributed by atoms with van der Waals surface area (Å²) in [6, 6.07) is 50.1. The van der Waals surface area contributed by atoms with E-state index in [1.54, 1.807) is 11.8 Å². The minimum atomic E-state index is -0.176. The molecule has 0 amide bonds. The first kappa shape index (κ1) is 23.4. The standard InChI is InChI=1S/C48H28S/c1-2-12-30(13-3-1)44-37-19-4-5-20-38(37)45(48-40-24-10-15-29-14-9-23-39(43(29)40)47(44)48)32-17-8-16-31(28-32)33-26-27-42-46-35(33)21-11-22-36(46)34-18-6-7-25-41(34)49-42/h1-28H/i8D,16D,17D,28D. The van der Waals surface area contributed by atoms with Gasteiger partial charge in [-0.1, -0.05) is 163 Å². The van der Waals surface area contributed by atoms with E-state index in [4.69, 9.17) is 0 Å². The Hall–Kier alpha value is -5.89. The Bertz CT molecular complexity index is 3070. The van der Waals surface area contributed by atoms with Gasteiger partial charge in [0.2, 0.25) is 0 Å². The molecule has 0 aromatic heterocycles. The van der Waals surface area contributed by atoms with Gasteiger partial charge >= 0.3 is 0 Å². The van der Waals surface area contributed by atoms with E-state index >= 15 is 0 Å². The molecule has 2 aliphatic rings. The molecule has 0 atom stereocenters. The van der Waals surface area contributed by atoms with Gasteiger partial charge in [0.05, 0.1) is 5.48 Å². The molecule has 0 bridgehead atoms. The number of rotatable bonds is 3. The summed E-state index contributed by atoms with van der Waals surface area (Å²) in [6.07, 6.45) is 0. The second-order valence-electron chi connectivity index (χ2n) is 12.8. The van der Waals surface area contributed by atoms with Gasteiger partial charge in [-0.25, -0.2) is 0 Å². The SMILES string of the molecule is [2H]c1c([2H])c(-c2c3c(c(-c4ccccc4)c4ccccc24)-c2cccc4cccc-3c24)c([2H])c(-c2ccc3c4c(cccc24)-c2ccccc2S3)c1[2H]. The van der Waals surface area contributed by atoms with Crippen molar-refractivity contribution >= 4 is 44.1 Å². The van der Waals surface area contributed by atoms with Gasteiger partial charge < -0.3 is 0 Å². The summed E-state index contributed by atoms with van der Waals surface area (Å²) in [7, 11) is 0. The Kier molecular flexibility index (Phi) is 4.93. The molecule has 11 rings (SSSR count). The monoisotopic (exact) mass is 640 g/mol. The third-order valence-electron chi connectivity index (χ3n) is 10.3. The van der Waals surface area contributed by atoms with Gasteiger partial charge in [-0.2, -0.15) is 0 Å². The summed E-state index contributed by atoms with van der Waals surface area (Å²) < 4.78 is 38.3. The molecule has 0 spiro atoms. The first-order valence-corrected chi connectivity index (χ1v) is 17.4. The van der Waals surface area contributed by atoms with Crippen molar-refractivity contribution in [3.63, 3.8) is 0 Å². The van der Waals surface area contributed by atoms with Crippen LogP contribution < -0.4 is 0 Å². The molecule has 0 unspecified atom stereocenters. The van der Waals surface area contributed by atoms with Crippen molar-refractivity contribution in [3.05, 3.63) is 170 Å². The van der Waals surface area contributed by atoms with Gasteiger partial charge in [-0.05, 0) is 112 Å². The van der Waals surface area contributed by atoms with Crippen LogP contribution >= 0.6 is 11.8 Å². The van der Waals surface area contributed by atoms with Gasteiger partial charge in [0.1, 0.15) is 0 Å². The lowest BCUT2D eigenvalue weighted by Crippen LogP contribution is -1.95. The molecule has 1 heteroatoms. The summed E-state index contributed by atoms with van der Waals surface area (Å²) >= 11 is 1.74. The fourth-order valence-corrected chi connectivity index (χ4v) is 9.43. The lowest BCUT2D eigenvalue weighted by molar-refractivity contribution is 1.40. The lowest BCUT2D eigenvalue weighted by atomic mass is 9.82. The van der Waals surface area contributed by atoms with E-state index in [1.807, 2.05) is 24.3 Å². The molecule has 0 N–H and O–H groups in total. The molecular formula is C48H28S. The van der Waals surface area contributed by atoms with Crippen molar-refractivity contribution in [2.75, 3.05) is 0 Å². The van der Waals surface area contributed by atoms with Crippen molar-refractivity contribution in [2.24, 2.45) is 0 Å². The van der Waals surface area contributed by atoms with E-state index in [9.17, 15) is 5.48 Å². The summed E-state index contributed by atoms with van der Waals surface area (Å²) in [5, 5.41) is 6.27. The third kappa shape index (κ3) is 3.82. The van der Waals surface area contributed by atoms with Gasteiger partial charge in [-0.15, -0.1) is 0 Å². The molecule has 9 aromatic rings. The number of hydrogen-bond donors (Lipinski definition) is 0. The fourth-order valence-electron chi connectivity index (χ4n) is 8.30. The maximum atomic E-state index is 10.1. The van der Waals surface area contributed by atoms with Gasteiger partial charge in [0, 0.05) is 15.2 Å². The van der Waals surface area contributed by atoms with E-state index in [0.717, 1.165) is 87.3 Å². The molecular weight excluding hydrogens is 609 g/mol.